The van der Waals surface area contributed by atoms with Crippen LogP contribution < -0.4 is 10.6 Å². The van der Waals surface area contributed by atoms with Gasteiger partial charge in [0.2, 0.25) is 0 Å². The number of carbonyl (C=O) groups excluding carboxylic acids is 3. The largest absolute Gasteiger partial charge is 0.440 e. The first-order chi connectivity index (χ1) is 13.4. The first-order valence-corrected chi connectivity index (χ1v) is 9.52. The first-order valence-electron chi connectivity index (χ1n) is 9.52. The predicted octanol–water partition coefficient (Wildman–Crippen LogP) is 3.47. The van der Waals surface area contributed by atoms with Gasteiger partial charge in [-0.25, -0.2) is 4.79 Å². The number of imide groups is 1. The second-order valence-electron chi connectivity index (χ2n) is 8.57. The Bertz CT molecular complexity index is 824. The van der Waals surface area contributed by atoms with Crippen molar-refractivity contribution in [2.75, 3.05) is 0 Å². The van der Waals surface area contributed by atoms with Gasteiger partial charge in [0.1, 0.15) is 0 Å². The number of amides is 4. The van der Waals surface area contributed by atoms with Gasteiger partial charge in [-0.15, -0.1) is 0 Å². The zero-order valence-electron chi connectivity index (χ0n) is 16.5. The van der Waals surface area contributed by atoms with Crippen LogP contribution in [0, 0.1) is 0 Å². The number of alkyl halides is 3. The molecule has 158 valence electrons. The Morgan fingerprint density at radius 1 is 1.10 bits per heavy atom. The molecule has 2 fully saturated rings. The lowest BCUT2D eigenvalue weighted by atomic mass is 9.86. The van der Waals surface area contributed by atoms with Crippen molar-refractivity contribution in [3.05, 3.63) is 35.4 Å². The molecule has 3 rings (SSSR count). The number of benzene rings is 1. The van der Waals surface area contributed by atoms with E-state index in [4.69, 9.17) is 0 Å². The van der Waals surface area contributed by atoms with Crippen molar-refractivity contribution in [2.24, 2.45) is 0 Å². The van der Waals surface area contributed by atoms with E-state index in [0.717, 1.165) is 18.4 Å². The molecule has 1 saturated carbocycles. The van der Waals surface area contributed by atoms with Gasteiger partial charge >= 0.3 is 12.2 Å². The van der Waals surface area contributed by atoms with Gasteiger partial charge in [-0.05, 0) is 36.0 Å². The molecule has 2 aliphatic rings. The molecular formula is C20H24F3N3O3. The lowest BCUT2D eigenvalue weighted by molar-refractivity contribution is -0.200. The van der Waals surface area contributed by atoms with E-state index >= 15 is 0 Å². The number of halogens is 3. The van der Waals surface area contributed by atoms with E-state index in [1.807, 2.05) is 20.8 Å². The molecular weight excluding hydrogens is 387 g/mol. The third kappa shape index (κ3) is 3.70. The average Bonchev–Trinajstić information content (AvgIpc) is 3.21. The highest BCUT2D eigenvalue weighted by Gasteiger charge is 2.69. The molecule has 29 heavy (non-hydrogen) atoms. The summed E-state index contributed by atoms with van der Waals surface area (Å²) < 4.78 is 41.8. The normalized spacial score (nSPS) is 23.4. The first kappa shape index (κ1) is 21.1. The fourth-order valence-corrected chi connectivity index (χ4v) is 3.75. The van der Waals surface area contributed by atoms with Crippen LogP contribution in [0.5, 0.6) is 0 Å². The molecule has 0 bridgehead atoms. The number of nitrogens with one attached hydrogen (secondary N) is 2. The highest BCUT2D eigenvalue weighted by molar-refractivity contribution is 6.10. The van der Waals surface area contributed by atoms with E-state index in [1.54, 1.807) is 22.8 Å². The van der Waals surface area contributed by atoms with Crippen molar-refractivity contribution in [3.8, 4) is 0 Å². The van der Waals surface area contributed by atoms with Crippen molar-refractivity contribution in [3.63, 3.8) is 0 Å². The Labute approximate surface area is 166 Å². The van der Waals surface area contributed by atoms with Crippen LogP contribution in [-0.2, 0) is 10.2 Å². The number of hydrogen-bond donors (Lipinski definition) is 2. The summed E-state index contributed by atoms with van der Waals surface area (Å²) in [6.45, 7) is 5.89. The van der Waals surface area contributed by atoms with Crippen LogP contribution in [0.2, 0.25) is 0 Å². The third-order valence-corrected chi connectivity index (χ3v) is 5.48. The van der Waals surface area contributed by atoms with E-state index in [2.05, 4.69) is 0 Å². The molecule has 0 radical (unpaired) electrons. The molecule has 4 amide bonds. The second kappa shape index (κ2) is 7.03. The third-order valence-electron chi connectivity index (χ3n) is 5.48. The van der Waals surface area contributed by atoms with Crippen molar-refractivity contribution in [1.29, 1.82) is 0 Å². The molecule has 6 nitrogen and oxygen atoms in total. The fraction of sp³-hybridized carbons (Fsp3) is 0.550. The van der Waals surface area contributed by atoms with Crippen molar-refractivity contribution in [1.82, 2.24) is 15.5 Å². The summed E-state index contributed by atoms with van der Waals surface area (Å²) in [6.07, 6.45) is -2.83. The van der Waals surface area contributed by atoms with Gasteiger partial charge in [-0.2, -0.15) is 13.2 Å². The van der Waals surface area contributed by atoms with Crippen LogP contribution in [0.25, 0.3) is 0 Å². The van der Waals surface area contributed by atoms with Crippen molar-refractivity contribution >= 4 is 17.8 Å². The van der Waals surface area contributed by atoms with Gasteiger partial charge in [-0.1, -0.05) is 45.7 Å². The molecule has 1 aromatic carbocycles. The SMILES string of the molecule is CC(C)(C)c1ccc(C(=O)N[C@]2(C(F)(F)F)NC(=O)N(C3CCCC3)C2=O)cc1. The van der Waals surface area contributed by atoms with Crippen LogP contribution in [0.4, 0.5) is 18.0 Å². The molecule has 2 N–H and O–H groups in total. The van der Waals surface area contributed by atoms with Gasteiger partial charge in [0, 0.05) is 11.6 Å². The quantitative estimate of drug-likeness (QED) is 0.748. The monoisotopic (exact) mass is 411 g/mol. The molecule has 0 unspecified atom stereocenters. The fourth-order valence-electron chi connectivity index (χ4n) is 3.75. The predicted molar refractivity (Wildman–Crippen MR) is 99.0 cm³/mol. The molecule has 1 aromatic rings. The second-order valence-corrected chi connectivity index (χ2v) is 8.57. The van der Waals surface area contributed by atoms with Gasteiger partial charge in [-0.3, -0.25) is 19.8 Å². The maximum Gasteiger partial charge on any atom is 0.440 e. The van der Waals surface area contributed by atoms with E-state index in [9.17, 15) is 27.6 Å². The lowest BCUT2D eigenvalue weighted by Crippen LogP contribution is -2.69. The lowest BCUT2D eigenvalue weighted by Gasteiger charge is -2.30. The molecule has 0 aromatic heterocycles. The summed E-state index contributed by atoms with van der Waals surface area (Å²) in [6, 6.07) is 4.37. The maximum atomic E-state index is 13.9. The Hall–Kier alpha value is -2.58. The molecule has 1 heterocycles. The number of hydrogen-bond acceptors (Lipinski definition) is 3. The van der Waals surface area contributed by atoms with E-state index < -0.39 is 35.7 Å². The number of nitrogens with zero attached hydrogens (tertiary/aromatic N) is 1. The van der Waals surface area contributed by atoms with E-state index in [-0.39, 0.29) is 11.0 Å². The highest BCUT2D eigenvalue weighted by Crippen LogP contribution is 2.37. The van der Waals surface area contributed by atoms with Crippen molar-refractivity contribution < 1.29 is 27.6 Å². The van der Waals surface area contributed by atoms with Gasteiger partial charge < -0.3 is 5.32 Å². The van der Waals surface area contributed by atoms with Crippen LogP contribution in [0.15, 0.2) is 24.3 Å². The minimum atomic E-state index is -5.20. The Kier molecular flexibility index (Phi) is 5.13. The summed E-state index contributed by atoms with van der Waals surface area (Å²) in [4.78, 5) is 38.2. The maximum absolute atomic E-state index is 13.9. The molecule has 9 heteroatoms. The van der Waals surface area contributed by atoms with E-state index in [1.165, 1.54) is 12.1 Å². The number of rotatable bonds is 3. The van der Waals surface area contributed by atoms with Crippen LogP contribution in [-0.4, -0.2) is 40.6 Å². The van der Waals surface area contributed by atoms with Crippen LogP contribution >= 0.6 is 0 Å². The van der Waals surface area contributed by atoms with Gasteiger partial charge in [0.25, 0.3) is 17.5 Å². The summed E-state index contributed by atoms with van der Waals surface area (Å²) in [5, 5.41) is 3.45. The topological polar surface area (TPSA) is 78.5 Å². The summed E-state index contributed by atoms with van der Waals surface area (Å²) in [7, 11) is 0. The minimum Gasteiger partial charge on any atom is -0.314 e. The van der Waals surface area contributed by atoms with Gasteiger partial charge in [0.05, 0.1) is 0 Å². The van der Waals surface area contributed by atoms with E-state index in [0.29, 0.717) is 17.7 Å². The Morgan fingerprint density at radius 2 is 1.66 bits per heavy atom. The zero-order valence-corrected chi connectivity index (χ0v) is 16.5. The summed E-state index contributed by atoms with van der Waals surface area (Å²) in [5.74, 6) is -2.58. The molecule has 1 aliphatic carbocycles. The highest BCUT2D eigenvalue weighted by atomic mass is 19.4. The van der Waals surface area contributed by atoms with Crippen LogP contribution in [0.1, 0.15) is 62.4 Å². The zero-order chi connectivity index (χ0) is 21.6. The van der Waals surface area contributed by atoms with Crippen molar-refractivity contribution in [2.45, 2.75) is 69.8 Å². The van der Waals surface area contributed by atoms with Gasteiger partial charge in [0.15, 0.2) is 0 Å². The van der Waals surface area contributed by atoms with Crippen LogP contribution in [0.3, 0.4) is 0 Å². The molecule has 0 spiro atoms. The Balaban J connectivity index is 1.89. The average molecular weight is 411 g/mol. The number of urea groups is 1. The summed E-state index contributed by atoms with van der Waals surface area (Å²) in [5.41, 5.74) is -2.80. The minimum absolute atomic E-state index is 0.0389. The molecule has 1 saturated heterocycles. The molecule has 1 atom stereocenters. The Morgan fingerprint density at radius 3 is 2.14 bits per heavy atom. The standard InChI is InChI=1S/C20H24F3N3O3/c1-18(2,3)13-10-8-12(9-11-13)15(27)24-19(20(21,22)23)16(28)26(17(29)25-19)14-6-4-5-7-14/h8-11,14H,4-7H2,1-3H3,(H,24,27)(H,25,29)/t19-/m0/s1. The number of carbonyl (C=O) groups is 3. The summed E-state index contributed by atoms with van der Waals surface area (Å²) >= 11 is 0. The molecule has 1 aliphatic heterocycles. The smallest absolute Gasteiger partial charge is 0.314 e.